The van der Waals surface area contributed by atoms with Crippen molar-refractivity contribution in [1.82, 2.24) is 0 Å². The number of hydrogen-bond acceptors (Lipinski definition) is 5. The third-order valence-electron chi connectivity index (χ3n) is 2.97. The van der Waals surface area contributed by atoms with Crippen molar-refractivity contribution >= 4 is 11.9 Å². The summed E-state index contributed by atoms with van der Waals surface area (Å²) in [7, 11) is 0. The predicted molar refractivity (Wildman–Crippen MR) is 60.2 cm³/mol. The first-order chi connectivity index (χ1) is 7.95. The molecule has 5 heteroatoms. The maximum Gasteiger partial charge on any atom is 0.308 e. The molecule has 0 unspecified atom stereocenters. The number of ether oxygens (including phenoxy) is 2. The van der Waals surface area contributed by atoms with Crippen molar-refractivity contribution in [2.24, 2.45) is 0 Å². The molecule has 1 aliphatic rings. The van der Waals surface area contributed by atoms with Crippen LogP contribution in [0.3, 0.4) is 0 Å². The Morgan fingerprint density at radius 2 is 1.94 bits per heavy atom. The van der Waals surface area contributed by atoms with Crippen LogP contribution in [0.25, 0.3) is 0 Å². The van der Waals surface area contributed by atoms with Crippen molar-refractivity contribution < 1.29 is 24.2 Å². The lowest BCUT2D eigenvalue weighted by Gasteiger charge is -2.34. The van der Waals surface area contributed by atoms with Gasteiger partial charge in [-0.25, -0.2) is 0 Å². The van der Waals surface area contributed by atoms with E-state index in [0.717, 1.165) is 0 Å². The van der Waals surface area contributed by atoms with Crippen LogP contribution in [0.1, 0.15) is 46.0 Å². The van der Waals surface area contributed by atoms with E-state index in [1.807, 2.05) is 0 Å². The molecule has 0 aromatic rings. The molecular weight excluding hydrogens is 224 g/mol. The fourth-order valence-electron chi connectivity index (χ4n) is 2.14. The molecule has 0 amide bonds. The molecule has 1 rings (SSSR count). The average Bonchev–Trinajstić information content (AvgIpc) is 2.21. The maximum absolute atomic E-state index is 11.3. The van der Waals surface area contributed by atoms with Gasteiger partial charge in [0.15, 0.2) is 0 Å². The molecule has 17 heavy (non-hydrogen) atoms. The minimum Gasteiger partial charge on any atom is -0.466 e. The summed E-state index contributed by atoms with van der Waals surface area (Å²) in [6.45, 7) is 3.43. The molecule has 0 spiro atoms. The molecule has 0 bridgehead atoms. The fraction of sp³-hybridized carbons (Fsp3) is 0.833. The highest BCUT2D eigenvalue weighted by Crippen LogP contribution is 2.32. The Balaban J connectivity index is 2.38. The molecule has 0 aromatic heterocycles. The summed E-state index contributed by atoms with van der Waals surface area (Å²) in [5.74, 6) is -0.674. The summed E-state index contributed by atoms with van der Waals surface area (Å²) < 4.78 is 9.89. The molecule has 1 saturated carbocycles. The van der Waals surface area contributed by atoms with Crippen LogP contribution in [0, 0.1) is 0 Å². The predicted octanol–water partition coefficient (Wildman–Crippen LogP) is 1.18. The molecule has 0 atom stereocenters. The zero-order valence-electron chi connectivity index (χ0n) is 10.4. The average molecular weight is 244 g/mol. The van der Waals surface area contributed by atoms with E-state index >= 15 is 0 Å². The normalized spacial score (nSPS) is 28.5. The van der Waals surface area contributed by atoms with Crippen LogP contribution in [0.2, 0.25) is 0 Å². The number of esters is 2. The highest BCUT2D eigenvalue weighted by Gasteiger charge is 2.36. The largest absolute Gasteiger partial charge is 0.466 e. The van der Waals surface area contributed by atoms with Gasteiger partial charge in [0.05, 0.1) is 18.6 Å². The summed E-state index contributed by atoms with van der Waals surface area (Å²) in [5, 5.41) is 10.2. The highest BCUT2D eigenvalue weighted by molar-refractivity contribution is 5.70. The van der Waals surface area contributed by atoms with E-state index in [2.05, 4.69) is 0 Å². The Kier molecular flexibility index (Phi) is 4.93. The van der Waals surface area contributed by atoms with E-state index in [0.29, 0.717) is 32.3 Å². The molecule has 0 heterocycles. The van der Waals surface area contributed by atoms with Gasteiger partial charge in [0.2, 0.25) is 0 Å². The monoisotopic (exact) mass is 244 g/mol. The molecule has 0 radical (unpaired) electrons. The van der Waals surface area contributed by atoms with Gasteiger partial charge in [-0.05, 0) is 32.6 Å². The van der Waals surface area contributed by atoms with Crippen LogP contribution < -0.4 is 0 Å². The molecule has 0 saturated heterocycles. The third kappa shape index (κ3) is 4.73. The van der Waals surface area contributed by atoms with E-state index in [9.17, 15) is 14.7 Å². The Morgan fingerprint density at radius 1 is 1.35 bits per heavy atom. The summed E-state index contributed by atoms with van der Waals surface area (Å²) in [5.41, 5.74) is -0.997. The van der Waals surface area contributed by atoms with Crippen molar-refractivity contribution in [3.05, 3.63) is 0 Å². The van der Waals surface area contributed by atoms with E-state index in [4.69, 9.17) is 9.47 Å². The Morgan fingerprint density at radius 3 is 2.41 bits per heavy atom. The Hall–Kier alpha value is -1.10. The van der Waals surface area contributed by atoms with E-state index in [1.165, 1.54) is 6.92 Å². The molecule has 1 fully saturated rings. The van der Waals surface area contributed by atoms with Crippen LogP contribution >= 0.6 is 0 Å². The number of aliphatic hydroxyl groups is 1. The van der Waals surface area contributed by atoms with Gasteiger partial charge in [-0.1, -0.05) is 0 Å². The molecule has 5 nitrogen and oxygen atoms in total. The zero-order chi connectivity index (χ0) is 12.9. The number of hydrogen-bond donors (Lipinski definition) is 1. The van der Waals surface area contributed by atoms with Crippen molar-refractivity contribution in [3.8, 4) is 0 Å². The minimum absolute atomic E-state index is 0.0215. The first-order valence-corrected chi connectivity index (χ1v) is 6.00. The number of carbonyl (C=O) groups excluding carboxylic acids is 2. The topological polar surface area (TPSA) is 72.8 Å². The first-order valence-electron chi connectivity index (χ1n) is 6.00. The van der Waals surface area contributed by atoms with Gasteiger partial charge in [0, 0.05) is 6.92 Å². The van der Waals surface area contributed by atoms with E-state index in [1.54, 1.807) is 6.92 Å². The van der Waals surface area contributed by atoms with Gasteiger partial charge in [0.25, 0.3) is 0 Å². The Bertz CT molecular complexity index is 279. The summed E-state index contributed by atoms with van der Waals surface area (Å²) in [6, 6.07) is 0. The van der Waals surface area contributed by atoms with Crippen LogP contribution in [-0.4, -0.2) is 35.4 Å². The lowest BCUT2D eigenvalue weighted by molar-refractivity contribution is -0.157. The molecule has 0 aliphatic heterocycles. The van der Waals surface area contributed by atoms with Gasteiger partial charge in [-0.3, -0.25) is 9.59 Å². The van der Waals surface area contributed by atoms with Crippen molar-refractivity contribution in [2.75, 3.05) is 6.61 Å². The summed E-state index contributed by atoms with van der Waals surface area (Å²) in [6.07, 6.45) is 2.00. The van der Waals surface area contributed by atoms with Gasteiger partial charge in [0.1, 0.15) is 6.10 Å². The van der Waals surface area contributed by atoms with Crippen LogP contribution in [0.4, 0.5) is 0 Å². The van der Waals surface area contributed by atoms with Crippen molar-refractivity contribution in [3.63, 3.8) is 0 Å². The number of rotatable bonds is 4. The summed E-state index contributed by atoms with van der Waals surface area (Å²) in [4.78, 5) is 22.1. The number of carbonyl (C=O) groups is 2. The van der Waals surface area contributed by atoms with Gasteiger partial charge >= 0.3 is 11.9 Å². The molecular formula is C12H20O5. The molecule has 0 aromatic carbocycles. The van der Waals surface area contributed by atoms with Crippen LogP contribution in [0.5, 0.6) is 0 Å². The first kappa shape index (κ1) is 14.0. The second-order valence-corrected chi connectivity index (χ2v) is 4.51. The van der Waals surface area contributed by atoms with Gasteiger partial charge in [-0.15, -0.1) is 0 Å². The Labute approximate surface area is 101 Å². The van der Waals surface area contributed by atoms with Crippen molar-refractivity contribution in [1.29, 1.82) is 0 Å². The van der Waals surface area contributed by atoms with Gasteiger partial charge < -0.3 is 14.6 Å². The van der Waals surface area contributed by atoms with Gasteiger partial charge in [-0.2, -0.15) is 0 Å². The highest BCUT2D eigenvalue weighted by atomic mass is 16.5. The standard InChI is InChI=1S/C12H20O5/c1-3-16-11(14)8-12(15)6-4-10(5-7-12)17-9(2)13/h10,15H,3-8H2,1-2H3. The summed E-state index contributed by atoms with van der Waals surface area (Å²) >= 11 is 0. The van der Waals surface area contributed by atoms with E-state index < -0.39 is 5.60 Å². The smallest absolute Gasteiger partial charge is 0.308 e. The quantitative estimate of drug-likeness (QED) is 0.752. The minimum atomic E-state index is -0.997. The van der Waals surface area contributed by atoms with Crippen LogP contribution in [-0.2, 0) is 19.1 Å². The second-order valence-electron chi connectivity index (χ2n) is 4.51. The molecule has 1 aliphatic carbocycles. The van der Waals surface area contributed by atoms with E-state index in [-0.39, 0.29) is 24.5 Å². The molecule has 1 N–H and O–H groups in total. The SMILES string of the molecule is CCOC(=O)CC1(O)CCC(OC(C)=O)CC1. The molecule has 98 valence electrons. The zero-order valence-corrected chi connectivity index (χ0v) is 10.4. The lowest BCUT2D eigenvalue weighted by atomic mass is 9.81. The van der Waals surface area contributed by atoms with Crippen molar-refractivity contribution in [2.45, 2.75) is 57.7 Å². The lowest BCUT2D eigenvalue weighted by Crippen LogP contribution is -2.39. The second kappa shape index (κ2) is 6.00. The van der Waals surface area contributed by atoms with Crippen LogP contribution in [0.15, 0.2) is 0 Å². The maximum atomic E-state index is 11.3. The fourth-order valence-corrected chi connectivity index (χ4v) is 2.14. The third-order valence-corrected chi connectivity index (χ3v) is 2.97.